The number of H-pyrrole nitrogens is 1. The summed E-state index contributed by atoms with van der Waals surface area (Å²) in [6.07, 6.45) is 4.88. The molecule has 3 heterocycles. The number of fused-ring (bicyclic) bond motifs is 1. The Kier molecular flexibility index (Phi) is 10.9. The lowest BCUT2D eigenvalue weighted by atomic mass is 10.1. The quantitative estimate of drug-likeness (QED) is 0.224. The van der Waals surface area contributed by atoms with Crippen LogP contribution in [0.15, 0.2) is 35.3 Å². The number of imidazole rings is 1. The number of hydrogen-bond acceptors (Lipinski definition) is 6. The van der Waals surface area contributed by atoms with E-state index in [1.165, 1.54) is 21.6 Å². The fourth-order valence-corrected chi connectivity index (χ4v) is 4.42. The van der Waals surface area contributed by atoms with E-state index in [0.717, 1.165) is 12.6 Å². The highest BCUT2D eigenvalue weighted by molar-refractivity contribution is 5.96. The van der Waals surface area contributed by atoms with E-state index in [0.29, 0.717) is 35.6 Å². The van der Waals surface area contributed by atoms with Crippen LogP contribution < -0.4 is 16.2 Å². The van der Waals surface area contributed by atoms with Crippen LogP contribution in [0.2, 0.25) is 0 Å². The largest absolute Gasteiger partial charge is 0.465 e. The van der Waals surface area contributed by atoms with Crippen molar-refractivity contribution in [3.05, 3.63) is 63.9 Å². The van der Waals surface area contributed by atoms with Crippen LogP contribution in [0.4, 0.5) is 14.9 Å². The van der Waals surface area contributed by atoms with Gasteiger partial charge in [-0.1, -0.05) is 33.3 Å². The number of halogens is 1. The van der Waals surface area contributed by atoms with Crippen LogP contribution in [0.1, 0.15) is 57.2 Å². The molecule has 226 valence electrons. The highest BCUT2D eigenvalue weighted by atomic mass is 19.1. The molecular formula is C29H38FN7O5. The average Bonchev–Trinajstić information content (AvgIpc) is 3.35. The topological polar surface area (TPSA) is 162 Å². The van der Waals surface area contributed by atoms with Gasteiger partial charge in [0.25, 0.3) is 5.56 Å². The molecule has 0 aliphatic rings. The number of rotatable bonds is 13. The van der Waals surface area contributed by atoms with Crippen LogP contribution in [0.5, 0.6) is 0 Å². The molecule has 0 unspecified atom stereocenters. The monoisotopic (exact) mass is 583 g/mol. The summed E-state index contributed by atoms with van der Waals surface area (Å²) in [5.74, 6) is -0.885. The number of aromatic nitrogens is 4. The van der Waals surface area contributed by atoms with Crippen LogP contribution in [-0.4, -0.2) is 67.6 Å². The van der Waals surface area contributed by atoms with Gasteiger partial charge in [-0.2, -0.15) is 0 Å². The maximum Gasteiger partial charge on any atom is 0.405 e. The summed E-state index contributed by atoms with van der Waals surface area (Å²) < 4.78 is 16.0. The zero-order chi connectivity index (χ0) is 31.0. The molecule has 0 saturated heterocycles. The third-order valence-corrected chi connectivity index (χ3v) is 6.48. The smallest absolute Gasteiger partial charge is 0.405 e. The van der Waals surface area contributed by atoms with Crippen molar-refractivity contribution in [3.8, 4) is 0 Å². The number of pyridine rings is 2. The maximum atomic E-state index is 14.6. The van der Waals surface area contributed by atoms with Gasteiger partial charge in [0, 0.05) is 19.8 Å². The minimum Gasteiger partial charge on any atom is -0.465 e. The summed E-state index contributed by atoms with van der Waals surface area (Å²) >= 11 is 0. The van der Waals surface area contributed by atoms with Crippen LogP contribution in [0.3, 0.4) is 0 Å². The van der Waals surface area contributed by atoms with E-state index in [4.69, 9.17) is 0 Å². The first-order valence-corrected chi connectivity index (χ1v) is 13.8. The third-order valence-electron chi connectivity index (χ3n) is 6.48. The number of aryl methyl sites for hydroxylation is 1. The van der Waals surface area contributed by atoms with E-state index in [9.17, 15) is 28.7 Å². The molecule has 0 aliphatic carbocycles. The summed E-state index contributed by atoms with van der Waals surface area (Å²) in [6, 6.07) is 2.03. The summed E-state index contributed by atoms with van der Waals surface area (Å²) in [5, 5.41) is 14.0. The maximum absolute atomic E-state index is 14.6. The SMILES string of the molecule is CCCc1ccc(NC(=O)[C@H](CC/C=C/C(=O)N(C)C)NC(=O)O)c(=O)n1Cc1nc2c(F)cnc(CC(C)C)c2[nH]1. The standard InChI is InChI=1S/C29H38FN7O5/c1-6-9-18-12-13-21(32-27(39)20(33-29(41)42)10-7-8-11-24(38)36(4)5)28(40)37(18)16-23-34-25-19(30)15-31-22(14-17(2)3)26(25)35-23/h8,11-13,15,17,20,33H,6-7,9-10,14,16H2,1-5H3,(H,32,39)(H,34,35)(H,41,42)/b11-8+/t20-/m0/s1. The number of aromatic amines is 1. The lowest BCUT2D eigenvalue weighted by Gasteiger charge is -2.18. The van der Waals surface area contributed by atoms with Crippen molar-refractivity contribution in [1.29, 1.82) is 0 Å². The Balaban J connectivity index is 1.89. The van der Waals surface area contributed by atoms with E-state index in [1.54, 1.807) is 26.2 Å². The Morgan fingerprint density at radius 2 is 1.98 bits per heavy atom. The molecule has 12 nitrogen and oxygen atoms in total. The molecule has 0 saturated carbocycles. The van der Waals surface area contributed by atoms with Gasteiger partial charge in [0.05, 0.1) is 24.0 Å². The number of hydrogen-bond donors (Lipinski definition) is 4. The van der Waals surface area contributed by atoms with Gasteiger partial charge in [-0.05, 0) is 49.8 Å². The molecule has 13 heteroatoms. The predicted molar refractivity (Wildman–Crippen MR) is 157 cm³/mol. The van der Waals surface area contributed by atoms with Crippen molar-refractivity contribution in [3.63, 3.8) is 0 Å². The first-order chi connectivity index (χ1) is 19.9. The number of allylic oxidation sites excluding steroid dienone is 1. The fourth-order valence-electron chi connectivity index (χ4n) is 4.42. The molecule has 0 aliphatic heterocycles. The number of nitrogens with one attached hydrogen (secondary N) is 3. The van der Waals surface area contributed by atoms with Crippen molar-refractivity contribution in [2.24, 2.45) is 5.92 Å². The number of nitrogens with zero attached hydrogens (tertiary/aromatic N) is 4. The van der Waals surface area contributed by atoms with Crippen LogP contribution in [0.25, 0.3) is 11.0 Å². The molecule has 1 atom stereocenters. The molecule has 0 aromatic carbocycles. The second kappa shape index (κ2) is 14.4. The van der Waals surface area contributed by atoms with E-state index < -0.39 is 29.4 Å². The zero-order valence-electron chi connectivity index (χ0n) is 24.5. The minimum atomic E-state index is -1.40. The van der Waals surface area contributed by atoms with Crippen LogP contribution in [-0.2, 0) is 29.0 Å². The molecule has 4 N–H and O–H groups in total. The fraction of sp³-hybridized carbons (Fsp3) is 0.448. The molecule has 3 aromatic rings. The molecule has 0 bridgehead atoms. The van der Waals surface area contributed by atoms with Gasteiger partial charge in [-0.3, -0.25) is 19.4 Å². The Bertz CT molecular complexity index is 1530. The summed E-state index contributed by atoms with van der Waals surface area (Å²) in [6.45, 7) is 6.02. The number of carbonyl (C=O) groups is 3. The Morgan fingerprint density at radius 1 is 1.24 bits per heavy atom. The van der Waals surface area contributed by atoms with Gasteiger partial charge >= 0.3 is 6.09 Å². The summed E-state index contributed by atoms with van der Waals surface area (Å²) in [7, 11) is 3.20. The summed E-state index contributed by atoms with van der Waals surface area (Å²) in [4.78, 5) is 62.8. The zero-order valence-corrected chi connectivity index (χ0v) is 24.5. The van der Waals surface area contributed by atoms with Crippen LogP contribution >= 0.6 is 0 Å². The average molecular weight is 584 g/mol. The number of carboxylic acid groups (broad SMARTS) is 1. The molecule has 3 amide bonds. The first kappa shape index (κ1) is 32.0. The Hall–Kier alpha value is -4.55. The molecule has 3 aromatic heterocycles. The van der Waals surface area contributed by atoms with E-state index in [2.05, 4.69) is 25.6 Å². The first-order valence-electron chi connectivity index (χ1n) is 13.8. The number of anilines is 1. The Labute approximate surface area is 243 Å². The third kappa shape index (κ3) is 8.24. The van der Waals surface area contributed by atoms with Gasteiger partial charge in [0.1, 0.15) is 23.1 Å². The van der Waals surface area contributed by atoms with E-state index >= 15 is 0 Å². The summed E-state index contributed by atoms with van der Waals surface area (Å²) in [5.41, 5.74) is 1.45. The highest BCUT2D eigenvalue weighted by Gasteiger charge is 2.22. The van der Waals surface area contributed by atoms with Gasteiger partial charge in [0.2, 0.25) is 11.8 Å². The molecule has 0 spiro atoms. The van der Waals surface area contributed by atoms with Crippen molar-refractivity contribution in [1.82, 2.24) is 29.7 Å². The normalized spacial score (nSPS) is 12.2. The second-order valence-electron chi connectivity index (χ2n) is 10.6. The minimum absolute atomic E-state index is 0.00534. The predicted octanol–water partition coefficient (Wildman–Crippen LogP) is 3.46. The van der Waals surface area contributed by atoms with Gasteiger partial charge in [0.15, 0.2) is 5.82 Å². The highest BCUT2D eigenvalue weighted by Crippen LogP contribution is 2.21. The van der Waals surface area contributed by atoms with Crippen molar-refractivity contribution < 1.29 is 23.9 Å². The molecule has 0 radical (unpaired) electrons. The lowest BCUT2D eigenvalue weighted by Crippen LogP contribution is -2.44. The Morgan fingerprint density at radius 3 is 2.62 bits per heavy atom. The van der Waals surface area contributed by atoms with Gasteiger partial charge in [-0.15, -0.1) is 0 Å². The van der Waals surface area contributed by atoms with Crippen molar-refractivity contribution >= 4 is 34.6 Å². The van der Waals surface area contributed by atoms with Crippen molar-refractivity contribution in [2.45, 2.75) is 65.5 Å². The van der Waals surface area contributed by atoms with E-state index in [-0.39, 0.29) is 42.4 Å². The molecule has 42 heavy (non-hydrogen) atoms. The second-order valence-corrected chi connectivity index (χ2v) is 10.6. The van der Waals surface area contributed by atoms with Crippen molar-refractivity contribution in [2.75, 3.05) is 19.4 Å². The number of amides is 3. The number of likely N-dealkylation sites (N-methyl/N-ethyl adjacent to an activating group) is 1. The number of carbonyl (C=O) groups excluding carboxylic acids is 2. The van der Waals surface area contributed by atoms with E-state index in [1.807, 2.05) is 20.8 Å². The molecular weight excluding hydrogens is 545 g/mol. The molecule has 0 fully saturated rings. The molecule has 3 rings (SSSR count). The lowest BCUT2D eigenvalue weighted by molar-refractivity contribution is -0.123. The van der Waals surface area contributed by atoms with Gasteiger partial charge < -0.3 is 30.2 Å². The van der Waals surface area contributed by atoms with Crippen LogP contribution in [0, 0.1) is 11.7 Å². The van der Waals surface area contributed by atoms with Gasteiger partial charge in [-0.25, -0.2) is 14.2 Å².